The van der Waals surface area contributed by atoms with Gasteiger partial charge in [0.2, 0.25) is 0 Å². The third kappa shape index (κ3) is 5.72. The zero-order chi connectivity index (χ0) is 24.8. The summed E-state index contributed by atoms with van der Waals surface area (Å²) in [6, 6.07) is 18.4. The molecule has 8 heteroatoms. The quantitative estimate of drug-likeness (QED) is 0.466. The number of carboxylic acid groups (broad SMARTS) is 1. The number of anilines is 2. The Morgan fingerprint density at radius 2 is 1.50 bits per heavy atom. The Hall–Kier alpha value is -4.33. The average molecular weight is 462 g/mol. The highest BCUT2D eigenvalue weighted by Gasteiger charge is 2.22. The molecule has 1 atom stereocenters. The summed E-state index contributed by atoms with van der Waals surface area (Å²) in [7, 11) is 3.01. The van der Waals surface area contributed by atoms with Crippen molar-refractivity contribution in [3.05, 3.63) is 77.9 Å². The van der Waals surface area contributed by atoms with Crippen LogP contribution in [0.4, 0.5) is 16.2 Å². The number of methoxy groups -OCH3 is 1. The van der Waals surface area contributed by atoms with Crippen LogP contribution in [0.2, 0.25) is 0 Å². The molecule has 3 amide bonds. The second kappa shape index (κ2) is 10.5. The Morgan fingerprint density at radius 3 is 2.06 bits per heavy atom. The molecule has 0 unspecified atom stereocenters. The largest absolute Gasteiger partial charge is 0.495 e. The number of aliphatic carboxylic acids is 1. The van der Waals surface area contributed by atoms with Crippen LogP contribution in [-0.4, -0.2) is 48.1 Å². The zero-order valence-electron chi connectivity index (χ0n) is 19.5. The number of hydrogen-bond donors (Lipinski definition) is 3. The number of hydrogen-bond acceptors (Lipinski definition) is 4. The van der Waals surface area contributed by atoms with E-state index in [0.29, 0.717) is 22.7 Å². The molecule has 3 rings (SSSR count). The molecule has 0 saturated heterocycles. The third-order valence-corrected chi connectivity index (χ3v) is 5.47. The van der Waals surface area contributed by atoms with Crippen LogP contribution in [0.3, 0.4) is 0 Å². The van der Waals surface area contributed by atoms with Gasteiger partial charge in [0.25, 0.3) is 5.91 Å². The van der Waals surface area contributed by atoms with Gasteiger partial charge in [-0.15, -0.1) is 0 Å². The second-order valence-corrected chi connectivity index (χ2v) is 7.87. The van der Waals surface area contributed by atoms with Gasteiger partial charge in [-0.3, -0.25) is 4.79 Å². The molecular weight excluding hydrogens is 434 g/mol. The molecule has 3 aromatic rings. The van der Waals surface area contributed by atoms with Crippen LogP contribution in [0.15, 0.2) is 66.7 Å². The summed E-state index contributed by atoms with van der Waals surface area (Å²) >= 11 is 0. The molecule has 0 heterocycles. The standard InChI is InChI=1S/C26H27N3O5/c1-16-5-14-23(34-4)22(15-16)28-26(33)27-21-12-10-19(11-13-21)18-6-8-20(9-7-18)24(30)29(3)17(2)25(31)32/h5-15,17H,1-4H3,(H,31,32)(H2,27,28,33)/t17-/m0/s1. The number of benzene rings is 3. The molecule has 0 aromatic heterocycles. The summed E-state index contributed by atoms with van der Waals surface area (Å²) in [6.45, 7) is 3.39. The number of amides is 3. The van der Waals surface area contributed by atoms with Crippen LogP contribution in [0.1, 0.15) is 22.8 Å². The summed E-state index contributed by atoms with van der Waals surface area (Å²) in [5, 5.41) is 14.7. The van der Waals surface area contributed by atoms with Gasteiger partial charge in [0.15, 0.2) is 0 Å². The van der Waals surface area contributed by atoms with E-state index in [9.17, 15) is 14.4 Å². The fraction of sp³-hybridized carbons (Fsp3) is 0.192. The van der Waals surface area contributed by atoms with Gasteiger partial charge in [-0.25, -0.2) is 9.59 Å². The average Bonchev–Trinajstić information content (AvgIpc) is 2.83. The minimum atomic E-state index is -1.06. The smallest absolute Gasteiger partial charge is 0.326 e. The Balaban J connectivity index is 1.65. The monoisotopic (exact) mass is 461 g/mol. The van der Waals surface area contributed by atoms with Crippen molar-refractivity contribution in [3.63, 3.8) is 0 Å². The number of carbonyl (C=O) groups is 3. The maximum absolute atomic E-state index is 12.5. The molecule has 0 aliphatic rings. The molecule has 0 aliphatic heterocycles. The van der Waals surface area contributed by atoms with E-state index in [-0.39, 0.29) is 11.9 Å². The number of carbonyl (C=O) groups excluding carboxylic acids is 2. The van der Waals surface area contributed by atoms with Gasteiger partial charge in [0.1, 0.15) is 11.8 Å². The minimum absolute atomic E-state index is 0.364. The number of nitrogens with zero attached hydrogens (tertiary/aromatic N) is 1. The number of carboxylic acids is 1. The normalized spacial score (nSPS) is 11.3. The van der Waals surface area contributed by atoms with Crippen molar-refractivity contribution in [2.75, 3.05) is 24.8 Å². The van der Waals surface area contributed by atoms with E-state index in [2.05, 4.69) is 10.6 Å². The molecule has 0 bridgehead atoms. The first-order valence-corrected chi connectivity index (χ1v) is 10.6. The molecular formula is C26H27N3O5. The van der Waals surface area contributed by atoms with Gasteiger partial charge >= 0.3 is 12.0 Å². The number of nitrogens with one attached hydrogen (secondary N) is 2. The first-order valence-electron chi connectivity index (χ1n) is 10.6. The second-order valence-electron chi connectivity index (χ2n) is 7.87. The van der Waals surface area contributed by atoms with E-state index in [1.165, 1.54) is 18.9 Å². The Morgan fingerprint density at radius 1 is 0.912 bits per heavy atom. The maximum atomic E-state index is 12.5. The number of urea groups is 1. The molecule has 3 N–H and O–H groups in total. The lowest BCUT2D eigenvalue weighted by Gasteiger charge is -2.21. The lowest BCUT2D eigenvalue weighted by Crippen LogP contribution is -2.40. The van der Waals surface area contributed by atoms with Crippen molar-refractivity contribution in [1.29, 1.82) is 0 Å². The molecule has 0 fully saturated rings. The number of likely N-dealkylation sites (N-methyl/N-ethyl adjacent to an activating group) is 1. The van der Waals surface area contributed by atoms with Gasteiger partial charge in [-0.1, -0.05) is 30.3 Å². The van der Waals surface area contributed by atoms with Crippen LogP contribution in [0.5, 0.6) is 5.75 Å². The molecule has 0 aliphatic carbocycles. The molecule has 3 aromatic carbocycles. The highest BCUT2D eigenvalue weighted by Crippen LogP contribution is 2.26. The van der Waals surface area contributed by atoms with E-state index in [4.69, 9.17) is 9.84 Å². The predicted octanol–water partition coefficient (Wildman–Crippen LogP) is 4.86. The number of rotatable bonds is 7. The van der Waals surface area contributed by atoms with E-state index >= 15 is 0 Å². The van der Waals surface area contributed by atoms with Crippen LogP contribution in [0, 0.1) is 6.92 Å². The van der Waals surface area contributed by atoms with Gasteiger partial charge in [0.05, 0.1) is 12.8 Å². The fourth-order valence-corrected chi connectivity index (χ4v) is 3.30. The first-order chi connectivity index (χ1) is 16.2. The van der Waals surface area contributed by atoms with Crippen molar-refractivity contribution in [2.45, 2.75) is 19.9 Å². The van der Waals surface area contributed by atoms with Gasteiger partial charge in [-0.2, -0.15) is 0 Å². The van der Waals surface area contributed by atoms with Crippen LogP contribution >= 0.6 is 0 Å². The van der Waals surface area contributed by atoms with Crippen molar-refractivity contribution in [3.8, 4) is 16.9 Å². The van der Waals surface area contributed by atoms with Crippen LogP contribution in [0.25, 0.3) is 11.1 Å². The SMILES string of the molecule is COc1ccc(C)cc1NC(=O)Nc1ccc(-c2ccc(C(=O)N(C)[C@@H](C)C(=O)O)cc2)cc1. The molecule has 8 nitrogen and oxygen atoms in total. The van der Waals surface area contributed by atoms with E-state index in [0.717, 1.165) is 16.7 Å². The van der Waals surface area contributed by atoms with Gasteiger partial charge < -0.3 is 25.4 Å². The summed E-state index contributed by atoms with van der Waals surface area (Å²) < 4.78 is 5.28. The van der Waals surface area contributed by atoms with E-state index in [1.807, 2.05) is 31.2 Å². The first kappa shape index (κ1) is 24.3. The molecule has 176 valence electrons. The third-order valence-electron chi connectivity index (χ3n) is 5.47. The lowest BCUT2D eigenvalue weighted by molar-refractivity contribution is -0.141. The fourth-order valence-electron chi connectivity index (χ4n) is 3.30. The van der Waals surface area contributed by atoms with Crippen LogP contribution < -0.4 is 15.4 Å². The highest BCUT2D eigenvalue weighted by atomic mass is 16.5. The number of aryl methyl sites for hydroxylation is 1. The topological polar surface area (TPSA) is 108 Å². The Kier molecular flexibility index (Phi) is 7.53. The van der Waals surface area contributed by atoms with Crippen LogP contribution in [-0.2, 0) is 4.79 Å². The molecule has 0 radical (unpaired) electrons. The summed E-state index contributed by atoms with van der Waals surface area (Å²) in [5.74, 6) is -0.855. The number of ether oxygens (including phenoxy) is 1. The molecule has 0 saturated carbocycles. The molecule has 34 heavy (non-hydrogen) atoms. The minimum Gasteiger partial charge on any atom is -0.495 e. The van der Waals surface area contributed by atoms with Crippen molar-refractivity contribution >= 4 is 29.3 Å². The van der Waals surface area contributed by atoms with Gasteiger partial charge in [0, 0.05) is 18.3 Å². The molecule has 0 spiro atoms. The maximum Gasteiger partial charge on any atom is 0.326 e. The van der Waals surface area contributed by atoms with E-state index in [1.54, 1.807) is 49.6 Å². The summed E-state index contributed by atoms with van der Waals surface area (Å²) in [4.78, 5) is 37.2. The van der Waals surface area contributed by atoms with Crippen molar-refractivity contribution < 1.29 is 24.2 Å². The Labute approximate surface area is 198 Å². The van der Waals surface area contributed by atoms with Crippen molar-refractivity contribution in [1.82, 2.24) is 4.90 Å². The highest BCUT2D eigenvalue weighted by molar-refractivity contribution is 6.01. The van der Waals surface area contributed by atoms with Gasteiger partial charge in [-0.05, 0) is 66.9 Å². The summed E-state index contributed by atoms with van der Waals surface area (Å²) in [5.41, 5.74) is 4.37. The zero-order valence-corrected chi connectivity index (χ0v) is 19.5. The summed E-state index contributed by atoms with van der Waals surface area (Å²) in [6.07, 6.45) is 0. The van der Waals surface area contributed by atoms with Crippen molar-refractivity contribution in [2.24, 2.45) is 0 Å². The Bertz CT molecular complexity index is 1190. The predicted molar refractivity (Wildman–Crippen MR) is 131 cm³/mol. The lowest BCUT2D eigenvalue weighted by atomic mass is 10.0. The van der Waals surface area contributed by atoms with E-state index < -0.39 is 12.0 Å².